The Hall–Kier alpha value is -2.11. The zero-order valence-electron chi connectivity index (χ0n) is 15.5. The Morgan fingerprint density at radius 3 is 2.60 bits per heavy atom. The Morgan fingerprint density at radius 2 is 1.88 bits per heavy atom. The molecule has 0 saturated carbocycles. The van der Waals surface area contributed by atoms with Crippen LogP contribution < -0.4 is 0 Å². The summed E-state index contributed by atoms with van der Waals surface area (Å²) in [7, 11) is 7.75. The molecule has 1 amide bonds. The van der Waals surface area contributed by atoms with Crippen molar-refractivity contribution in [2.24, 2.45) is 0 Å². The summed E-state index contributed by atoms with van der Waals surface area (Å²) in [6, 6.07) is 12.8. The van der Waals surface area contributed by atoms with Crippen LogP contribution in [0.4, 0.5) is 0 Å². The van der Waals surface area contributed by atoms with Crippen LogP contribution in [0.15, 0.2) is 40.8 Å². The number of furan rings is 1. The molecule has 0 radical (unpaired) electrons. The maximum atomic E-state index is 11.9. The topological polar surface area (TPSA) is 39.9 Å². The highest BCUT2D eigenvalue weighted by molar-refractivity contribution is 5.91. The van der Waals surface area contributed by atoms with Crippen molar-refractivity contribution < 1.29 is 9.21 Å². The van der Waals surface area contributed by atoms with Crippen LogP contribution in [0.2, 0.25) is 0 Å². The van der Waals surface area contributed by atoms with Gasteiger partial charge in [-0.15, -0.1) is 0 Å². The molecule has 0 saturated heterocycles. The molecule has 25 heavy (non-hydrogen) atoms. The molecule has 1 aromatic heterocycles. The van der Waals surface area contributed by atoms with Gasteiger partial charge in [0.15, 0.2) is 5.76 Å². The fourth-order valence-corrected chi connectivity index (χ4v) is 3.41. The highest BCUT2D eigenvalue weighted by Crippen LogP contribution is 2.22. The molecular formula is C20H27N3O2. The van der Waals surface area contributed by atoms with Gasteiger partial charge >= 0.3 is 0 Å². The minimum absolute atomic E-state index is 0.0995. The van der Waals surface area contributed by atoms with Gasteiger partial charge in [-0.1, -0.05) is 24.3 Å². The lowest BCUT2D eigenvalue weighted by atomic mass is 9.94. The van der Waals surface area contributed by atoms with E-state index in [1.54, 1.807) is 20.2 Å². The molecule has 0 N–H and O–H groups in total. The quantitative estimate of drug-likeness (QED) is 0.838. The maximum Gasteiger partial charge on any atom is 0.289 e. The van der Waals surface area contributed by atoms with Crippen LogP contribution in [-0.4, -0.2) is 61.4 Å². The zero-order valence-corrected chi connectivity index (χ0v) is 15.5. The number of hydrogen-bond acceptors (Lipinski definition) is 4. The minimum atomic E-state index is -0.0995. The van der Waals surface area contributed by atoms with Crippen LogP contribution in [0.5, 0.6) is 0 Å². The highest BCUT2D eigenvalue weighted by Gasteiger charge is 2.24. The van der Waals surface area contributed by atoms with Gasteiger partial charge in [0.05, 0.1) is 6.54 Å². The molecule has 3 rings (SSSR count). The molecule has 0 unspecified atom stereocenters. The van der Waals surface area contributed by atoms with Crippen LogP contribution in [0.3, 0.4) is 0 Å². The third kappa shape index (κ3) is 4.11. The van der Waals surface area contributed by atoms with Crippen LogP contribution in [0.25, 0.3) is 0 Å². The standard InChI is InChI=1S/C20H27N3O2/c1-21(2)20(24)19-10-9-18(25-19)14-22(3)13-17-11-15-7-5-6-8-16(15)12-23(17)4/h5-10,17H,11-14H2,1-4H3/t17-/m0/s1. The van der Waals surface area contributed by atoms with Gasteiger partial charge in [0.1, 0.15) is 5.76 Å². The Bertz CT molecular complexity index is 738. The molecule has 2 aromatic rings. The molecule has 1 atom stereocenters. The van der Waals surface area contributed by atoms with Gasteiger partial charge in [-0.05, 0) is 43.8 Å². The van der Waals surface area contributed by atoms with Crippen molar-refractivity contribution in [3.05, 3.63) is 59.0 Å². The summed E-state index contributed by atoms with van der Waals surface area (Å²) in [5, 5.41) is 0. The molecule has 2 heterocycles. The van der Waals surface area contributed by atoms with Gasteiger partial charge in [-0.25, -0.2) is 0 Å². The Labute approximate surface area is 149 Å². The number of likely N-dealkylation sites (N-methyl/N-ethyl adjacent to an activating group) is 2. The summed E-state index contributed by atoms with van der Waals surface area (Å²) >= 11 is 0. The minimum Gasteiger partial charge on any atom is -0.455 e. The smallest absolute Gasteiger partial charge is 0.289 e. The number of carbonyl (C=O) groups excluding carboxylic acids is 1. The number of carbonyl (C=O) groups is 1. The van der Waals surface area contributed by atoms with Gasteiger partial charge in [0.2, 0.25) is 0 Å². The van der Waals surface area contributed by atoms with E-state index in [1.165, 1.54) is 16.0 Å². The maximum absolute atomic E-state index is 11.9. The molecule has 5 nitrogen and oxygen atoms in total. The number of fused-ring (bicyclic) bond motifs is 1. The van der Waals surface area contributed by atoms with E-state index in [9.17, 15) is 4.79 Å². The summed E-state index contributed by atoms with van der Waals surface area (Å²) in [5.74, 6) is 1.13. The largest absolute Gasteiger partial charge is 0.455 e. The summed E-state index contributed by atoms with van der Waals surface area (Å²) in [6.07, 6.45) is 1.07. The monoisotopic (exact) mass is 341 g/mol. The van der Waals surface area contributed by atoms with Crippen LogP contribution in [0.1, 0.15) is 27.4 Å². The number of amides is 1. The molecular weight excluding hydrogens is 314 g/mol. The second kappa shape index (κ2) is 7.42. The lowest BCUT2D eigenvalue weighted by molar-refractivity contribution is 0.0792. The fourth-order valence-electron chi connectivity index (χ4n) is 3.41. The van der Waals surface area contributed by atoms with E-state index in [4.69, 9.17) is 4.42 Å². The first-order chi connectivity index (χ1) is 11.9. The molecule has 0 spiro atoms. The van der Waals surface area contributed by atoms with Crippen molar-refractivity contribution in [3.63, 3.8) is 0 Å². The van der Waals surface area contributed by atoms with Crippen LogP contribution >= 0.6 is 0 Å². The van der Waals surface area contributed by atoms with E-state index < -0.39 is 0 Å². The van der Waals surface area contributed by atoms with E-state index in [-0.39, 0.29) is 5.91 Å². The van der Waals surface area contributed by atoms with Crippen LogP contribution in [-0.2, 0) is 19.5 Å². The highest BCUT2D eigenvalue weighted by atomic mass is 16.4. The third-order valence-corrected chi connectivity index (χ3v) is 4.84. The van der Waals surface area contributed by atoms with Crippen molar-refractivity contribution >= 4 is 5.91 Å². The van der Waals surface area contributed by atoms with Crippen molar-refractivity contribution in [1.82, 2.24) is 14.7 Å². The van der Waals surface area contributed by atoms with Gasteiger partial charge in [0.25, 0.3) is 5.91 Å². The molecule has 134 valence electrons. The first kappa shape index (κ1) is 17.7. The Morgan fingerprint density at radius 1 is 1.16 bits per heavy atom. The van der Waals surface area contributed by atoms with E-state index in [0.717, 1.165) is 25.3 Å². The van der Waals surface area contributed by atoms with Gasteiger partial charge < -0.3 is 9.32 Å². The molecule has 1 aromatic carbocycles. The fraction of sp³-hybridized carbons (Fsp3) is 0.450. The molecule has 1 aliphatic rings. The molecule has 1 aliphatic heterocycles. The summed E-state index contributed by atoms with van der Waals surface area (Å²) < 4.78 is 5.70. The summed E-state index contributed by atoms with van der Waals surface area (Å²) in [5.41, 5.74) is 2.89. The third-order valence-electron chi connectivity index (χ3n) is 4.84. The molecule has 0 aliphatic carbocycles. The first-order valence-electron chi connectivity index (χ1n) is 8.70. The molecule has 0 bridgehead atoms. The van der Waals surface area contributed by atoms with Crippen molar-refractivity contribution in [2.75, 3.05) is 34.7 Å². The number of benzene rings is 1. The van der Waals surface area contributed by atoms with E-state index in [0.29, 0.717) is 18.3 Å². The summed E-state index contributed by atoms with van der Waals surface area (Å²) in [4.78, 5) is 18.1. The average molecular weight is 341 g/mol. The normalized spacial score (nSPS) is 17.6. The predicted molar refractivity (Wildman–Crippen MR) is 98.5 cm³/mol. The van der Waals surface area contributed by atoms with Crippen molar-refractivity contribution in [2.45, 2.75) is 25.6 Å². The van der Waals surface area contributed by atoms with Gasteiger partial charge in [-0.3, -0.25) is 14.6 Å². The summed E-state index contributed by atoms with van der Waals surface area (Å²) in [6.45, 7) is 2.66. The number of nitrogens with zero attached hydrogens (tertiary/aromatic N) is 3. The second-order valence-corrected chi connectivity index (χ2v) is 7.20. The van der Waals surface area contributed by atoms with Gasteiger partial charge in [0, 0.05) is 33.2 Å². The van der Waals surface area contributed by atoms with Crippen LogP contribution in [0, 0.1) is 0 Å². The van der Waals surface area contributed by atoms with E-state index in [2.05, 4.69) is 48.2 Å². The lowest BCUT2D eigenvalue weighted by Crippen LogP contribution is -2.44. The zero-order chi connectivity index (χ0) is 18.0. The van der Waals surface area contributed by atoms with E-state index >= 15 is 0 Å². The Balaban J connectivity index is 1.59. The second-order valence-electron chi connectivity index (χ2n) is 7.20. The SMILES string of the molecule is CN(Cc1ccc(C(=O)N(C)C)o1)C[C@@H]1Cc2ccccc2CN1C. The molecule has 0 fully saturated rings. The lowest BCUT2D eigenvalue weighted by Gasteiger charge is -2.36. The number of rotatable bonds is 5. The van der Waals surface area contributed by atoms with Crippen molar-refractivity contribution in [1.29, 1.82) is 0 Å². The average Bonchev–Trinajstić information content (AvgIpc) is 3.03. The van der Waals surface area contributed by atoms with Crippen molar-refractivity contribution in [3.8, 4) is 0 Å². The van der Waals surface area contributed by atoms with Gasteiger partial charge in [-0.2, -0.15) is 0 Å². The molecule has 5 heteroatoms. The number of hydrogen-bond donors (Lipinski definition) is 0. The Kier molecular flexibility index (Phi) is 5.25. The predicted octanol–water partition coefficient (Wildman–Crippen LogP) is 2.47. The first-order valence-corrected chi connectivity index (χ1v) is 8.70. The van der Waals surface area contributed by atoms with E-state index in [1.807, 2.05) is 6.07 Å².